The molecule has 118 valence electrons. The fourth-order valence-corrected chi connectivity index (χ4v) is 1.73. The van der Waals surface area contributed by atoms with E-state index in [-0.39, 0.29) is 12.3 Å². The standard InChI is InChI=1S/C16H15N3O4/c1-12(13-7-9-14(10-8-13)19(21)22)17-18-16(20)11-23-15-5-3-2-4-6-15/h2-10H,11H2,1H3,(H,18,20). The fraction of sp³-hybridized carbons (Fsp3) is 0.125. The van der Waals surface area contributed by atoms with Crippen molar-refractivity contribution in [2.45, 2.75) is 6.92 Å². The number of nitrogens with zero attached hydrogens (tertiary/aromatic N) is 2. The number of non-ortho nitro benzene ring substituents is 1. The van der Waals surface area contributed by atoms with Crippen LogP contribution >= 0.6 is 0 Å². The molecule has 2 aromatic carbocycles. The number of benzene rings is 2. The average Bonchev–Trinajstić information content (AvgIpc) is 2.58. The summed E-state index contributed by atoms with van der Waals surface area (Å²) in [6, 6.07) is 14.9. The summed E-state index contributed by atoms with van der Waals surface area (Å²) in [5.41, 5.74) is 3.60. The van der Waals surface area contributed by atoms with Gasteiger partial charge in [0.1, 0.15) is 5.75 Å². The molecule has 1 amide bonds. The van der Waals surface area contributed by atoms with E-state index in [1.807, 2.05) is 18.2 Å². The molecule has 0 atom stereocenters. The van der Waals surface area contributed by atoms with Crippen LogP contribution in [-0.4, -0.2) is 23.1 Å². The second-order valence-corrected chi connectivity index (χ2v) is 4.64. The highest BCUT2D eigenvalue weighted by Gasteiger charge is 2.06. The van der Waals surface area contributed by atoms with Crippen molar-refractivity contribution in [3.63, 3.8) is 0 Å². The molecule has 23 heavy (non-hydrogen) atoms. The first-order valence-electron chi connectivity index (χ1n) is 6.82. The third-order valence-electron chi connectivity index (χ3n) is 2.96. The highest BCUT2D eigenvalue weighted by atomic mass is 16.6. The van der Waals surface area contributed by atoms with Gasteiger partial charge in [0, 0.05) is 12.1 Å². The number of hydrazone groups is 1. The maximum atomic E-state index is 11.7. The Morgan fingerprint density at radius 1 is 1.17 bits per heavy atom. The van der Waals surface area contributed by atoms with Gasteiger partial charge in [-0.2, -0.15) is 5.10 Å². The van der Waals surface area contributed by atoms with Crippen LogP contribution in [0.2, 0.25) is 0 Å². The van der Waals surface area contributed by atoms with Gasteiger partial charge in [-0.1, -0.05) is 18.2 Å². The van der Waals surface area contributed by atoms with Crippen LogP contribution in [0.1, 0.15) is 12.5 Å². The number of carbonyl (C=O) groups excluding carboxylic acids is 1. The van der Waals surface area contributed by atoms with Crippen molar-refractivity contribution in [1.82, 2.24) is 5.43 Å². The van der Waals surface area contributed by atoms with Gasteiger partial charge >= 0.3 is 0 Å². The summed E-state index contributed by atoms with van der Waals surface area (Å²) in [6.45, 7) is 1.54. The molecule has 1 N–H and O–H groups in total. The van der Waals surface area contributed by atoms with E-state index < -0.39 is 10.8 Å². The first-order valence-corrected chi connectivity index (χ1v) is 6.82. The van der Waals surface area contributed by atoms with Crippen molar-refractivity contribution in [3.8, 4) is 5.75 Å². The molecule has 2 aromatic rings. The van der Waals surface area contributed by atoms with Gasteiger partial charge < -0.3 is 4.74 Å². The van der Waals surface area contributed by atoms with Crippen LogP contribution in [0.25, 0.3) is 0 Å². The number of hydrogen-bond acceptors (Lipinski definition) is 5. The SMILES string of the molecule is CC(=NNC(=O)COc1ccccc1)c1ccc([N+](=O)[O-])cc1. The quantitative estimate of drug-likeness (QED) is 0.503. The van der Waals surface area contributed by atoms with Gasteiger partial charge in [0.15, 0.2) is 6.61 Å². The zero-order valence-corrected chi connectivity index (χ0v) is 12.4. The Kier molecular flexibility index (Phi) is 5.40. The molecule has 2 rings (SSSR count). The molecule has 0 saturated heterocycles. The third-order valence-corrected chi connectivity index (χ3v) is 2.96. The minimum absolute atomic E-state index is 0.00171. The molecule has 7 nitrogen and oxygen atoms in total. The highest BCUT2D eigenvalue weighted by Crippen LogP contribution is 2.12. The van der Waals surface area contributed by atoms with E-state index in [1.165, 1.54) is 12.1 Å². The Labute approximate surface area is 132 Å². The second-order valence-electron chi connectivity index (χ2n) is 4.64. The van der Waals surface area contributed by atoms with Crippen LogP contribution in [0, 0.1) is 10.1 Å². The Hall–Kier alpha value is -3.22. The van der Waals surface area contributed by atoms with Gasteiger partial charge in [-0.25, -0.2) is 5.43 Å². The Morgan fingerprint density at radius 3 is 2.43 bits per heavy atom. The van der Waals surface area contributed by atoms with Gasteiger partial charge in [0.05, 0.1) is 10.6 Å². The van der Waals surface area contributed by atoms with Gasteiger partial charge in [0.25, 0.3) is 11.6 Å². The fourth-order valence-electron chi connectivity index (χ4n) is 1.73. The smallest absolute Gasteiger partial charge is 0.277 e. The van der Waals surface area contributed by atoms with Gasteiger partial charge in [-0.3, -0.25) is 14.9 Å². The van der Waals surface area contributed by atoms with E-state index >= 15 is 0 Å². The van der Waals surface area contributed by atoms with Gasteiger partial charge in [-0.05, 0) is 36.8 Å². The molecule has 7 heteroatoms. The normalized spacial score (nSPS) is 10.9. The molecule has 0 aliphatic carbocycles. The molecule has 0 fully saturated rings. The van der Waals surface area contributed by atoms with E-state index in [0.29, 0.717) is 17.0 Å². The molecule has 0 bridgehead atoms. The topological polar surface area (TPSA) is 93.8 Å². The second kappa shape index (κ2) is 7.69. The van der Waals surface area contributed by atoms with Crippen molar-refractivity contribution in [2.75, 3.05) is 6.61 Å². The largest absolute Gasteiger partial charge is 0.484 e. The zero-order chi connectivity index (χ0) is 16.7. The Balaban J connectivity index is 1.88. The first-order chi connectivity index (χ1) is 11.1. The lowest BCUT2D eigenvalue weighted by Gasteiger charge is -2.05. The van der Waals surface area contributed by atoms with Crippen LogP contribution in [0.4, 0.5) is 5.69 Å². The third kappa shape index (κ3) is 4.92. The summed E-state index contributed by atoms with van der Waals surface area (Å²) >= 11 is 0. The number of nitro groups is 1. The van der Waals surface area contributed by atoms with E-state index in [0.717, 1.165) is 0 Å². The summed E-state index contributed by atoms with van der Waals surface area (Å²) < 4.78 is 5.29. The Bertz CT molecular complexity index is 712. The van der Waals surface area contributed by atoms with Crippen LogP contribution in [0.5, 0.6) is 5.75 Å². The van der Waals surface area contributed by atoms with Crippen LogP contribution in [0.3, 0.4) is 0 Å². The van der Waals surface area contributed by atoms with Gasteiger partial charge in [0.2, 0.25) is 0 Å². The van der Waals surface area contributed by atoms with Crippen molar-refractivity contribution in [1.29, 1.82) is 0 Å². The maximum absolute atomic E-state index is 11.7. The molecule has 0 heterocycles. The number of hydrogen-bond donors (Lipinski definition) is 1. The van der Waals surface area contributed by atoms with E-state index in [9.17, 15) is 14.9 Å². The lowest BCUT2D eigenvalue weighted by molar-refractivity contribution is -0.384. The first kappa shape index (κ1) is 16.2. The molecule has 0 saturated carbocycles. The Morgan fingerprint density at radius 2 is 1.83 bits per heavy atom. The molecule has 0 aromatic heterocycles. The monoisotopic (exact) mass is 313 g/mol. The van der Waals surface area contributed by atoms with Gasteiger partial charge in [-0.15, -0.1) is 0 Å². The van der Waals surface area contributed by atoms with Crippen molar-refractivity contribution >= 4 is 17.3 Å². The summed E-state index contributed by atoms with van der Waals surface area (Å²) in [4.78, 5) is 21.8. The molecular formula is C16H15N3O4. The molecule has 0 unspecified atom stereocenters. The van der Waals surface area contributed by atoms with E-state index in [4.69, 9.17) is 4.74 Å². The number of nitrogens with one attached hydrogen (secondary N) is 1. The molecular weight excluding hydrogens is 298 g/mol. The number of amides is 1. The zero-order valence-electron chi connectivity index (χ0n) is 12.4. The molecule has 0 aliphatic rings. The minimum Gasteiger partial charge on any atom is -0.484 e. The molecule has 0 aliphatic heterocycles. The predicted octanol–water partition coefficient (Wildman–Crippen LogP) is 2.51. The average molecular weight is 313 g/mol. The lowest BCUT2D eigenvalue weighted by Crippen LogP contribution is -2.25. The van der Waals surface area contributed by atoms with E-state index in [1.54, 1.807) is 31.2 Å². The van der Waals surface area contributed by atoms with E-state index in [2.05, 4.69) is 10.5 Å². The van der Waals surface area contributed by atoms with Crippen molar-refractivity contribution in [3.05, 3.63) is 70.3 Å². The summed E-state index contributed by atoms with van der Waals surface area (Å²) in [5, 5.41) is 14.5. The summed E-state index contributed by atoms with van der Waals surface area (Å²) in [7, 11) is 0. The molecule has 0 spiro atoms. The predicted molar refractivity (Wildman–Crippen MR) is 85.4 cm³/mol. The van der Waals surface area contributed by atoms with Crippen molar-refractivity contribution in [2.24, 2.45) is 5.10 Å². The molecule has 0 radical (unpaired) electrons. The lowest BCUT2D eigenvalue weighted by atomic mass is 10.1. The number of rotatable bonds is 6. The number of carbonyl (C=O) groups is 1. The summed E-state index contributed by atoms with van der Waals surface area (Å²) in [5.74, 6) is 0.203. The van der Waals surface area contributed by atoms with Crippen LogP contribution in [0.15, 0.2) is 59.7 Å². The van der Waals surface area contributed by atoms with Crippen LogP contribution < -0.4 is 10.2 Å². The van der Waals surface area contributed by atoms with Crippen LogP contribution in [-0.2, 0) is 4.79 Å². The maximum Gasteiger partial charge on any atom is 0.277 e. The number of nitro benzene ring substituents is 1. The summed E-state index contributed by atoms with van der Waals surface area (Å²) in [6.07, 6.45) is 0. The van der Waals surface area contributed by atoms with Crippen molar-refractivity contribution < 1.29 is 14.5 Å². The highest BCUT2D eigenvalue weighted by molar-refractivity contribution is 5.99. The number of para-hydroxylation sites is 1. The minimum atomic E-state index is -0.473. The number of ether oxygens (including phenoxy) is 1.